The van der Waals surface area contributed by atoms with E-state index in [-0.39, 0.29) is 5.82 Å². The zero-order valence-electron chi connectivity index (χ0n) is 11.3. The molecule has 1 N–H and O–H groups in total. The highest BCUT2D eigenvalue weighted by atomic mass is 19.1. The third-order valence-corrected chi connectivity index (χ3v) is 3.42. The minimum absolute atomic E-state index is 0.221. The van der Waals surface area contributed by atoms with E-state index < -0.39 is 0 Å². The summed E-state index contributed by atoms with van der Waals surface area (Å²) in [7, 11) is 0. The maximum Gasteiger partial charge on any atom is 0.149 e. The lowest BCUT2D eigenvalue weighted by molar-refractivity contribution is 0.601. The van der Waals surface area contributed by atoms with Crippen LogP contribution < -0.4 is 5.32 Å². The van der Waals surface area contributed by atoms with E-state index in [2.05, 4.69) is 10.4 Å². The zero-order valence-corrected chi connectivity index (χ0v) is 11.3. The van der Waals surface area contributed by atoms with E-state index in [1.807, 2.05) is 26.0 Å². The molecule has 0 saturated heterocycles. The summed E-state index contributed by atoms with van der Waals surface area (Å²) < 4.78 is 15.8. The van der Waals surface area contributed by atoms with Gasteiger partial charge in [-0.3, -0.25) is 0 Å². The predicted octanol–water partition coefficient (Wildman–Crippen LogP) is 2.88. The number of nitrogens with one attached hydrogen (secondary N) is 1. The molecule has 4 heteroatoms. The van der Waals surface area contributed by atoms with Gasteiger partial charge in [0, 0.05) is 18.3 Å². The van der Waals surface area contributed by atoms with Crippen molar-refractivity contribution in [3.63, 3.8) is 0 Å². The van der Waals surface area contributed by atoms with Crippen LogP contribution in [0.3, 0.4) is 0 Å². The fourth-order valence-electron chi connectivity index (χ4n) is 2.25. The van der Waals surface area contributed by atoms with Gasteiger partial charge in [-0.1, -0.05) is 6.07 Å². The van der Waals surface area contributed by atoms with E-state index in [9.17, 15) is 4.39 Å². The second-order valence-corrected chi connectivity index (χ2v) is 5.28. The Morgan fingerprint density at radius 3 is 2.68 bits per heavy atom. The Labute approximate surface area is 112 Å². The largest absolute Gasteiger partial charge is 0.310 e. The molecular formula is C15H18FN3. The van der Waals surface area contributed by atoms with Crippen LogP contribution in [-0.2, 0) is 6.54 Å². The first-order valence-corrected chi connectivity index (χ1v) is 6.69. The number of aromatic nitrogens is 2. The van der Waals surface area contributed by atoms with Gasteiger partial charge in [0.05, 0.1) is 5.69 Å². The van der Waals surface area contributed by atoms with E-state index in [0.717, 1.165) is 23.5 Å². The van der Waals surface area contributed by atoms with Crippen molar-refractivity contribution in [3.8, 4) is 5.69 Å². The number of hydrogen-bond acceptors (Lipinski definition) is 2. The van der Waals surface area contributed by atoms with Gasteiger partial charge in [0.2, 0.25) is 0 Å². The standard InChI is InChI=1S/C15H18FN3/c1-10-7-11(2)19(18-10)15-6-3-12(8-14(15)16)9-17-13-4-5-13/h3,6-8,13,17H,4-5,9H2,1-2H3. The molecule has 0 radical (unpaired) electrons. The maximum absolute atomic E-state index is 14.2. The molecule has 0 aliphatic heterocycles. The average molecular weight is 259 g/mol. The first kappa shape index (κ1) is 12.4. The highest BCUT2D eigenvalue weighted by molar-refractivity contribution is 5.37. The molecule has 1 aromatic carbocycles. The van der Waals surface area contributed by atoms with Crippen LogP contribution >= 0.6 is 0 Å². The third-order valence-electron chi connectivity index (χ3n) is 3.42. The van der Waals surface area contributed by atoms with Crippen LogP contribution in [-0.4, -0.2) is 15.8 Å². The Kier molecular flexibility index (Phi) is 3.11. The lowest BCUT2D eigenvalue weighted by atomic mass is 10.2. The third kappa shape index (κ3) is 2.68. The molecule has 1 fully saturated rings. The minimum Gasteiger partial charge on any atom is -0.310 e. The van der Waals surface area contributed by atoms with Gasteiger partial charge < -0.3 is 5.32 Å². The number of halogens is 1. The zero-order chi connectivity index (χ0) is 13.4. The van der Waals surface area contributed by atoms with Crippen molar-refractivity contribution in [1.29, 1.82) is 0 Å². The summed E-state index contributed by atoms with van der Waals surface area (Å²) in [5.74, 6) is -0.221. The Morgan fingerprint density at radius 1 is 1.32 bits per heavy atom. The summed E-state index contributed by atoms with van der Waals surface area (Å²) in [6, 6.07) is 7.95. The smallest absolute Gasteiger partial charge is 0.149 e. The van der Waals surface area contributed by atoms with Gasteiger partial charge in [-0.2, -0.15) is 5.10 Å². The monoisotopic (exact) mass is 259 g/mol. The van der Waals surface area contributed by atoms with Crippen molar-refractivity contribution in [2.45, 2.75) is 39.3 Å². The molecule has 0 unspecified atom stereocenters. The van der Waals surface area contributed by atoms with Crippen molar-refractivity contribution in [2.24, 2.45) is 0 Å². The topological polar surface area (TPSA) is 29.9 Å². The van der Waals surface area contributed by atoms with Crippen molar-refractivity contribution >= 4 is 0 Å². The molecule has 1 aromatic heterocycles. The first-order chi connectivity index (χ1) is 9.13. The molecule has 19 heavy (non-hydrogen) atoms. The molecular weight excluding hydrogens is 241 g/mol. The van der Waals surface area contributed by atoms with Crippen LogP contribution in [0.4, 0.5) is 4.39 Å². The highest BCUT2D eigenvalue weighted by Gasteiger charge is 2.20. The van der Waals surface area contributed by atoms with Crippen molar-refractivity contribution < 1.29 is 4.39 Å². The second kappa shape index (κ2) is 4.78. The molecule has 3 nitrogen and oxygen atoms in total. The van der Waals surface area contributed by atoms with Crippen molar-refractivity contribution in [1.82, 2.24) is 15.1 Å². The first-order valence-electron chi connectivity index (χ1n) is 6.69. The summed E-state index contributed by atoms with van der Waals surface area (Å²) in [6.45, 7) is 4.58. The van der Waals surface area contributed by atoms with Crippen LogP contribution in [0.5, 0.6) is 0 Å². The van der Waals surface area contributed by atoms with E-state index >= 15 is 0 Å². The summed E-state index contributed by atoms with van der Waals surface area (Å²) in [6.07, 6.45) is 2.48. The van der Waals surface area contributed by atoms with Crippen molar-refractivity contribution in [2.75, 3.05) is 0 Å². The Morgan fingerprint density at radius 2 is 2.11 bits per heavy atom. The summed E-state index contributed by atoms with van der Waals surface area (Å²) in [4.78, 5) is 0. The molecule has 1 aliphatic rings. The molecule has 1 saturated carbocycles. The Balaban J connectivity index is 1.84. The normalized spacial score (nSPS) is 14.9. The van der Waals surface area contributed by atoms with Gasteiger partial charge in [-0.05, 0) is 50.5 Å². The second-order valence-electron chi connectivity index (χ2n) is 5.28. The summed E-state index contributed by atoms with van der Waals surface area (Å²) >= 11 is 0. The van der Waals surface area contributed by atoms with E-state index in [0.29, 0.717) is 11.7 Å². The quantitative estimate of drug-likeness (QED) is 0.915. The van der Waals surface area contributed by atoms with Crippen LogP contribution in [0.15, 0.2) is 24.3 Å². The van der Waals surface area contributed by atoms with Crippen molar-refractivity contribution in [3.05, 3.63) is 47.0 Å². The van der Waals surface area contributed by atoms with Crippen LogP contribution in [0.25, 0.3) is 5.69 Å². The van der Waals surface area contributed by atoms with Crippen LogP contribution in [0.2, 0.25) is 0 Å². The molecule has 1 aliphatic carbocycles. The van der Waals surface area contributed by atoms with Gasteiger partial charge in [0.25, 0.3) is 0 Å². The van der Waals surface area contributed by atoms with Gasteiger partial charge in [0.1, 0.15) is 11.5 Å². The average Bonchev–Trinajstić information content (AvgIpc) is 3.12. The highest BCUT2D eigenvalue weighted by Crippen LogP contribution is 2.21. The van der Waals surface area contributed by atoms with Gasteiger partial charge in [0.15, 0.2) is 0 Å². The SMILES string of the molecule is Cc1cc(C)n(-c2ccc(CNC3CC3)cc2F)n1. The molecule has 100 valence electrons. The van der Waals surface area contributed by atoms with E-state index in [1.54, 1.807) is 16.8 Å². The fourth-order valence-corrected chi connectivity index (χ4v) is 2.25. The Hall–Kier alpha value is -1.68. The van der Waals surface area contributed by atoms with E-state index in [4.69, 9.17) is 0 Å². The molecule has 2 aromatic rings. The van der Waals surface area contributed by atoms with Crippen LogP contribution in [0.1, 0.15) is 29.8 Å². The predicted molar refractivity (Wildman–Crippen MR) is 72.9 cm³/mol. The fraction of sp³-hybridized carbons (Fsp3) is 0.400. The minimum atomic E-state index is -0.221. The number of nitrogens with zero attached hydrogens (tertiary/aromatic N) is 2. The molecule has 3 rings (SSSR count). The number of rotatable bonds is 4. The van der Waals surface area contributed by atoms with E-state index in [1.165, 1.54) is 12.8 Å². The summed E-state index contributed by atoms with van der Waals surface area (Å²) in [5, 5.41) is 7.70. The lowest BCUT2D eigenvalue weighted by Crippen LogP contribution is -2.15. The number of aryl methyl sites for hydroxylation is 2. The molecule has 0 atom stereocenters. The molecule has 1 heterocycles. The Bertz CT molecular complexity index is 599. The van der Waals surface area contributed by atoms with Gasteiger partial charge in [-0.15, -0.1) is 0 Å². The molecule has 0 bridgehead atoms. The molecule has 0 spiro atoms. The van der Waals surface area contributed by atoms with Gasteiger partial charge in [-0.25, -0.2) is 9.07 Å². The number of benzene rings is 1. The maximum atomic E-state index is 14.2. The molecule has 0 amide bonds. The lowest BCUT2D eigenvalue weighted by Gasteiger charge is -2.08. The summed E-state index contributed by atoms with van der Waals surface area (Å²) in [5.41, 5.74) is 3.34. The van der Waals surface area contributed by atoms with Gasteiger partial charge >= 0.3 is 0 Å². The van der Waals surface area contributed by atoms with Crippen LogP contribution in [0, 0.1) is 19.7 Å². The number of hydrogen-bond donors (Lipinski definition) is 1.